The topological polar surface area (TPSA) is 105 Å². The van der Waals surface area contributed by atoms with Gasteiger partial charge >= 0.3 is 0 Å². The highest BCUT2D eigenvalue weighted by atomic mass is 35.5. The molecule has 46 heavy (non-hydrogen) atoms. The third-order valence-corrected chi connectivity index (χ3v) is 11.3. The van der Waals surface area contributed by atoms with Crippen LogP contribution in [-0.2, 0) is 27.8 Å². The van der Waals surface area contributed by atoms with E-state index >= 15 is 0 Å². The summed E-state index contributed by atoms with van der Waals surface area (Å²) in [6.45, 7) is 8.94. The summed E-state index contributed by atoms with van der Waals surface area (Å²) < 4.78 is 40.5. The van der Waals surface area contributed by atoms with E-state index in [1.54, 1.807) is 25.3 Å². The molecule has 1 heterocycles. The summed E-state index contributed by atoms with van der Waals surface area (Å²) in [5, 5.41) is 9.75. The van der Waals surface area contributed by atoms with Gasteiger partial charge in [0.15, 0.2) is 0 Å². The summed E-state index contributed by atoms with van der Waals surface area (Å²) in [6, 6.07) is 10.9. The highest BCUT2D eigenvalue weighted by molar-refractivity contribution is 7.90. The average molecular weight is 673 g/mol. The molecular weight excluding hydrogens is 624 g/mol. The number of nitrogens with one attached hydrogen (secondary N) is 1. The number of carbonyl (C=O) groups is 1. The van der Waals surface area contributed by atoms with Crippen molar-refractivity contribution in [3.63, 3.8) is 0 Å². The van der Waals surface area contributed by atoms with Crippen LogP contribution in [0.1, 0.15) is 80.3 Å². The van der Waals surface area contributed by atoms with Crippen LogP contribution in [0, 0.1) is 11.8 Å². The lowest BCUT2D eigenvalue weighted by atomic mass is 9.70. The lowest BCUT2D eigenvalue weighted by Gasteiger charge is -2.43. The smallest absolute Gasteiger partial charge is 0.264 e. The number of amides is 1. The molecule has 2 aromatic rings. The van der Waals surface area contributed by atoms with Crippen molar-refractivity contribution in [2.24, 2.45) is 11.8 Å². The van der Waals surface area contributed by atoms with Crippen molar-refractivity contribution >= 4 is 33.2 Å². The molecule has 2 aromatic carbocycles. The summed E-state index contributed by atoms with van der Waals surface area (Å²) >= 11 is 6.33. The number of hydrogen-bond donors (Lipinski definition) is 2. The van der Waals surface area contributed by atoms with Crippen molar-refractivity contribution in [2.75, 3.05) is 25.1 Å². The number of benzene rings is 2. The Hall–Kier alpha value is -2.85. The van der Waals surface area contributed by atoms with Gasteiger partial charge in [-0.15, -0.1) is 6.58 Å². The fourth-order valence-corrected chi connectivity index (χ4v) is 7.54. The van der Waals surface area contributed by atoms with Crippen LogP contribution in [0.5, 0.6) is 5.75 Å². The number of allylic oxidation sites excluding steroid dienone is 1. The van der Waals surface area contributed by atoms with Gasteiger partial charge < -0.3 is 19.5 Å². The number of anilines is 1. The van der Waals surface area contributed by atoms with Crippen LogP contribution in [0.25, 0.3) is 0 Å². The molecule has 0 radical (unpaired) electrons. The Morgan fingerprint density at radius 3 is 2.72 bits per heavy atom. The molecule has 2 aliphatic rings. The molecule has 2 N–H and O–H groups in total. The van der Waals surface area contributed by atoms with Crippen LogP contribution in [0.15, 0.2) is 61.2 Å². The van der Waals surface area contributed by atoms with Gasteiger partial charge in [0.05, 0.1) is 17.9 Å². The zero-order chi connectivity index (χ0) is 33.3. The lowest BCUT2D eigenvalue weighted by Crippen LogP contribution is -2.44. The third-order valence-electron chi connectivity index (χ3n) is 9.32. The minimum absolute atomic E-state index is 0.0463. The van der Waals surface area contributed by atoms with Crippen LogP contribution in [0.2, 0.25) is 5.02 Å². The van der Waals surface area contributed by atoms with Crippen molar-refractivity contribution in [3.05, 3.63) is 82.9 Å². The van der Waals surface area contributed by atoms with E-state index in [4.69, 9.17) is 21.1 Å². The minimum atomic E-state index is -4.15. The van der Waals surface area contributed by atoms with E-state index in [1.807, 2.05) is 18.2 Å². The van der Waals surface area contributed by atoms with Gasteiger partial charge in [-0.1, -0.05) is 49.2 Å². The van der Waals surface area contributed by atoms with Gasteiger partial charge in [-0.25, -0.2) is 13.1 Å². The maximum absolute atomic E-state index is 13.4. The number of fused-ring (bicyclic) bond motifs is 2. The fraction of sp³-hybridized carbons (Fsp3) is 0.528. The average Bonchev–Trinajstić information content (AvgIpc) is 3.05. The fourth-order valence-electron chi connectivity index (χ4n) is 6.26. The van der Waals surface area contributed by atoms with E-state index in [2.05, 4.69) is 35.3 Å². The van der Waals surface area contributed by atoms with Gasteiger partial charge in [0.25, 0.3) is 5.91 Å². The van der Waals surface area contributed by atoms with E-state index in [-0.39, 0.29) is 18.1 Å². The highest BCUT2D eigenvalue weighted by Gasteiger charge is 2.38. The molecule has 0 aromatic heterocycles. The zero-order valence-corrected chi connectivity index (χ0v) is 28.9. The van der Waals surface area contributed by atoms with Crippen molar-refractivity contribution in [1.29, 1.82) is 0 Å². The number of halogens is 1. The van der Waals surface area contributed by atoms with E-state index in [0.29, 0.717) is 29.2 Å². The number of sulfonamides is 1. The highest BCUT2D eigenvalue weighted by Crippen LogP contribution is 2.41. The Morgan fingerprint density at radius 2 is 2.02 bits per heavy atom. The Morgan fingerprint density at radius 1 is 1.22 bits per heavy atom. The maximum atomic E-state index is 13.4. The Bertz CT molecular complexity index is 1480. The van der Waals surface area contributed by atoms with Crippen molar-refractivity contribution in [1.82, 2.24) is 4.72 Å². The molecule has 0 spiro atoms. The number of unbranched alkanes of at least 4 members (excludes halogenated alkanes) is 1. The molecule has 1 aliphatic heterocycles. The molecule has 8 nitrogen and oxygen atoms in total. The molecule has 0 unspecified atom stereocenters. The number of carbonyl (C=O) groups excluding carboxylic acids is 1. The van der Waals surface area contributed by atoms with Crippen LogP contribution in [-0.4, -0.2) is 57.1 Å². The Balaban J connectivity index is 1.65. The molecule has 1 saturated carbocycles. The molecule has 1 aliphatic carbocycles. The number of hydrogen-bond acceptors (Lipinski definition) is 7. The standard InChI is InChI=1S/C36H49ClN2O6S/c1-5-7-8-13-34(44-4)31-18-15-28(31)23-39-20-10-9-12-26-21-30(37)17-14-29(26)24-45-35-19-16-27(22-32(35)39)36(41)38-46(42,43)25(3)33(40)11-6-2/h6,8,13-14,16-17,19,21-22,25,28,31,33-34,40H,2,5,7,9-12,15,18,20,23-24H2,1,3-4H3,(H,38,41)/b13-8+/t25-,28-,31+,33-,34-/m0/s1. The summed E-state index contributed by atoms with van der Waals surface area (Å²) in [5.74, 6) is 0.637. The zero-order valence-electron chi connectivity index (χ0n) is 27.3. The van der Waals surface area contributed by atoms with Crippen molar-refractivity contribution < 1.29 is 27.8 Å². The Labute approximate surface area is 279 Å². The molecule has 1 fully saturated rings. The normalized spacial score (nSPS) is 20.7. The second-order valence-electron chi connectivity index (χ2n) is 12.5. The third kappa shape index (κ3) is 9.15. The van der Waals surface area contributed by atoms with Crippen LogP contribution in [0.3, 0.4) is 0 Å². The second-order valence-corrected chi connectivity index (χ2v) is 15.0. The van der Waals surface area contributed by atoms with Crippen molar-refractivity contribution in [2.45, 2.75) is 89.3 Å². The van der Waals surface area contributed by atoms with Gasteiger partial charge in [0.1, 0.15) is 17.6 Å². The molecule has 252 valence electrons. The van der Waals surface area contributed by atoms with Gasteiger partial charge in [-0.3, -0.25) is 4.79 Å². The first-order valence-corrected chi connectivity index (χ1v) is 18.3. The molecular formula is C36H49ClN2O6S. The van der Waals surface area contributed by atoms with E-state index in [9.17, 15) is 18.3 Å². The minimum Gasteiger partial charge on any atom is -0.487 e. The molecule has 0 bridgehead atoms. The van der Waals surface area contributed by atoms with E-state index < -0.39 is 27.3 Å². The van der Waals surface area contributed by atoms with Crippen LogP contribution in [0.4, 0.5) is 5.69 Å². The van der Waals surface area contributed by atoms with E-state index in [0.717, 1.165) is 74.8 Å². The summed E-state index contributed by atoms with van der Waals surface area (Å²) in [4.78, 5) is 15.7. The number of nitrogens with zero attached hydrogens (tertiary/aromatic N) is 1. The van der Waals surface area contributed by atoms with Crippen molar-refractivity contribution in [3.8, 4) is 5.75 Å². The lowest BCUT2D eigenvalue weighted by molar-refractivity contribution is 0.0135. The number of ether oxygens (including phenoxy) is 2. The molecule has 1 amide bonds. The number of methoxy groups -OCH3 is 1. The first-order valence-electron chi connectivity index (χ1n) is 16.4. The number of aliphatic hydroxyl groups excluding tert-OH is 1. The molecule has 10 heteroatoms. The van der Waals surface area contributed by atoms with Crippen LogP contribution < -0.4 is 14.4 Å². The van der Waals surface area contributed by atoms with Gasteiger partial charge in [0.2, 0.25) is 10.0 Å². The predicted molar refractivity (Wildman–Crippen MR) is 185 cm³/mol. The monoisotopic (exact) mass is 672 g/mol. The number of aliphatic hydroxyl groups is 1. The molecule has 4 rings (SSSR count). The molecule has 0 saturated heterocycles. The second kappa shape index (κ2) is 16.8. The van der Waals surface area contributed by atoms with E-state index in [1.165, 1.54) is 13.0 Å². The molecule has 5 atom stereocenters. The van der Waals surface area contributed by atoms with Gasteiger partial charge in [-0.05, 0) is 105 Å². The summed E-state index contributed by atoms with van der Waals surface area (Å²) in [6.07, 6.45) is 11.8. The number of aryl methyl sites for hydroxylation is 1. The number of rotatable bonds is 13. The summed E-state index contributed by atoms with van der Waals surface area (Å²) in [7, 11) is -2.38. The predicted octanol–water partition coefficient (Wildman–Crippen LogP) is 6.84. The Kier molecular flexibility index (Phi) is 13.2. The van der Waals surface area contributed by atoms with Gasteiger partial charge in [-0.2, -0.15) is 0 Å². The first-order chi connectivity index (χ1) is 22.1. The largest absolute Gasteiger partial charge is 0.487 e. The first kappa shape index (κ1) is 36.0. The van der Waals surface area contributed by atoms with Crippen LogP contribution >= 0.6 is 11.6 Å². The maximum Gasteiger partial charge on any atom is 0.264 e. The summed E-state index contributed by atoms with van der Waals surface area (Å²) in [5.41, 5.74) is 3.18. The SMILES string of the molecule is C=CC[C@H](O)[C@H](C)S(=O)(=O)NC(=O)c1ccc2c(c1)N(C[C@@H]1CC[C@H]1[C@H](/C=C/CCC)OC)CCCCc1cc(Cl)ccc1CO2. The van der Waals surface area contributed by atoms with Gasteiger partial charge in [0, 0.05) is 30.8 Å². The quantitative estimate of drug-likeness (QED) is 0.224.